The highest BCUT2D eigenvalue weighted by atomic mass is 32.2. The van der Waals surface area contributed by atoms with E-state index in [-0.39, 0.29) is 12.0 Å². The number of benzene rings is 3. The minimum atomic E-state index is -1.24. The third-order valence-electron chi connectivity index (χ3n) is 9.87. The van der Waals surface area contributed by atoms with Crippen LogP contribution in [-0.2, 0) is 37.4 Å². The van der Waals surface area contributed by atoms with Gasteiger partial charge in [-0.3, -0.25) is 9.00 Å². The molecule has 2 aliphatic rings. The maximum Gasteiger partial charge on any atom is 0.251 e. The smallest absolute Gasteiger partial charge is 0.251 e. The molecule has 3 aromatic carbocycles. The fraction of sp³-hybridized carbons (Fsp3) is 0.429. The molecule has 2 atom stereocenters. The number of hydrogen-bond acceptors (Lipinski definition) is 8. The largest absolute Gasteiger partial charge is 0.491 e. The van der Waals surface area contributed by atoms with Gasteiger partial charge < -0.3 is 33.9 Å². The van der Waals surface area contributed by atoms with Crippen molar-refractivity contribution in [2.75, 3.05) is 69.9 Å². The molecule has 11 heteroatoms. The average Bonchev–Trinajstić information content (AvgIpc) is 3.41. The Morgan fingerprint density at radius 1 is 1.00 bits per heavy atom. The summed E-state index contributed by atoms with van der Waals surface area (Å²) in [4.78, 5) is 23.6. The van der Waals surface area contributed by atoms with Crippen LogP contribution in [0.15, 0.2) is 83.5 Å². The fourth-order valence-electron chi connectivity index (χ4n) is 6.75. The highest BCUT2D eigenvalue weighted by Crippen LogP contribution is 2.34. The van der Waals surface area contributed by atoms with Gasteiger partial charge in [0.25, 0.3) is 5.91 Å². The Kier molecular flexibility index (Phi) is 13.5. The van der Waals surface area contributed by atoms with Gasteiger partial charge in [-0.15, -0.1) is 0 Å². The molecule has 0 unspecified atom stereocenters. The van der Waals surface area contributed by atoms with Crippen molar-refractivity contribution in [3.8, 4) is 16.9 Å². The monoisotopic (exact) mass is 739 g/mol. The number of anilines is 2. The third kappa shape index (κ3) is 10.2. The average molecular weight is 740 g/mol. The summed E-state index contributed by atoms with van der Waals surface area (Å²) in [6.45, 7) is 12.7. The van der Waals surface area contributed by atoms with Gasteiger partial charge >= 0.3 is 0 Å². The molecular weight excluding hydrogens is 687 g/mol. The summed E-state index contributed by atoms with van der Waals surface area (Å²) in [7, 11) is 0.896. The molecule has 1 saturated heterocycles. The van der Waals surface area contributed by atoms with Crippen LogP contribution in [0.5, 0.6) is 5.75 Å². The number of aromatic nitrogens is 2. The van der Waals surface area contributed by atoms with Crippen LogP contribution in [-0.4, -0.2) is 90.3 Å². The molecule has 6 rings (SSSR count). The molecule has 0 spiro atoms. The van der Waals surface area contributed by atoms with E-state index in [1.165, 1.54) is 0 Å². The van der Waals surface area contributed by atoms with Crippen LogP contribution in [0.2, 0.25) is 0 Å². The lowest BCUT2D eigenvalue weighted by Gasteiger charge is -2.35. The Balaban J connectivity index is 1.17. The van der Waals surface area contributed by atoms with Crippen molar-refractivity contribution in [2.45, 2.75) is 63.3 Å². The minimum absolute atomic E-state index is 0.0803. The summed E-state index contributed by atoms with van der Waals surface area (Å²) in [5, 5.41) is 3.10. The van der Waals surface area contributed by atoms with E-state index in [1.807, 2.05) is 54.0 Å². The molecule has 1 fully saturated rings. The molecule has 1 aromatic heterocycles. The van der Waals surface area contributed by atoms with Gasteiger partial charge in [-0.05, 0) is 105 Å². The van der Waals surface area contributed by atoms with Crippen molar-refractivity contribution in [1.29, 1.82) is 0 Å². The number of carbonyl (C=O) groups is 1. The number of likely N-dealkylation sites (N-methyl/N-ethyl adjacent to an activating group) is 1. The molecule has 0 bridgehead atoms. The Morgan fingerprint density at radius 3 is 2.55 bits per heavy atom. The first kappa shape index (κ1) is 38.4. The molecule has 1 N–H and O–H groups in total. The van der Waals surface area contributed by atoms with Crippen LogP contribution < -0.4 is 15.0 Å². The maximum atomic E-state index is 13.8. The lowest BCUT2D eigenvalue weighted by Crippen LogP contribution is -2.46. The van der Waals surface area contributed by atoms with E-state index in [0.717, 1.165) is 85.1 Å². The van der Waals surface area contributed by atoms with Crippen LogP contribution in [0.3, 0.4) is 0 Å². The van der Waals surface area contributed by atoms with Gasteiger partial charge in [0.2, 0.25) is 0 Å². The van der Waals surface area contributed by atoms with Gasteiger partial charge in [-0.2, -0.15) is 0 Å². The number of nitrogens with one attached hydrogen (secondary N) is 1. The van der Waals surface area contributed by atoms with E-state index in [0.29, 0.717) is 54.7 Å². The van der Waals surface area contributed by atoms with Crippen LogP contribution in [0.4, 0.5) is 11.4 Å². The molecule has 282 valence electrons. The molecule has 0 radical (unpaired) electrons. The third-order valence-corrected chi connectivity index (χ3v) is 11.2. The SMILES string of the molecule is CCCCOCCOc1ccc(-c2ccc3c(c2)C=C(C(=O)Nc2ccc([S@](=O)Cc4c(C)ncn4CC)cc2)CCN3C[C@@H]2CN(C)CCO2)cc1. The van der Waals surface area contributed by atoms with E-state index < -0.39 is 10.8 Å². The van der Waals surface area contributed by atoms with Gasteiger partial charge in [0.1, 0.15) is 12.4 Å². The van der Waals surface area contributed by atoms with Gasteiger partial charge in [-0.25, -0.2) is 4.98 Å². The molecule has 0 saturated carbocycles. The number of morpholine rings is 1. The van der Waals surface area contributed by atoms with Crippen molar-refractivity contribution >= 4 is 34.2 Å². The van der Waals surface area contributed by atoms with Gasteiger partial charge in [0.05, 0.1) is 53.6 Å². The first-order valence-electron chi connectivity index (χ1n) is 18.8. The number of amides is 1. The van der Waals surface area contributed by atoms with Crippen LogP contribution in [0.1, 0.15) is 50.1 Å². The molecule has 53 heavy (non-hydrogen) atoms. The predicted molar refractivity (Wildman–Crippen MR) is 213 cm³/mol. The maximum absolute atomic E-state index is 13.8. The standard InChI is InChI=1S/C42H53N5O5S/c1-5-7-21-50-23-24-52-37-13-8-32(9-14-37)33-10-17-40-35(25-33)26-34(18-19-47(40)28-38-27-45(4)20-22-51-38)42(48)44-36-11-15-39(16-12-36)53(49)29-41-31(3)43-30-46(41)6-2/h8-17,25-26,30,38H,5-7,18-24,27-29H2,1-4H3,(H,44,48)/t38-,53+/m0/s1. The molecule has 0 aliphatic carbocycles. The zero-order chi connectivity index (χ0) is 37.2. The Labute approximate surface area is 316 Å². The lowest BCUT2D eigenvalue weighted by molar-refractivity contribution is -0.112. The fourth-order valence-corrected chi connectivity index (χ4v) is 7.98. The zero-order valence-corrected chi connectivity index (χ0v) is 32.3. The number of imidazole rings is 1. The first-order chi connectivity index (χ1) is 25.8. The molecule has 2 aliphatic heterocycles. The molecular formula is C42H53N5O5S. The summed E-state index contributed by atoms with van der Waals surface area (Å²) in [5.41, 5.74) is 7.45. The van der Waals surface area contributed by atoms with Crippen LogP contribution >= 0.6 is 0 Å². The summed E-state index contributed by atoms with van der Waals surface area (Å²) in [6, 6.07) is 21.9. The van der Waals surface area contributed by atoms with Gasteiger partial charge in [-0.1, -0.05) is 31.5 Å². The van der Waals surface area contributed by atoms with E-state index >= 15 is 0 Å². The number of rotatable bonds is 16. The second-order valence-corrected chi connectivity index (χ2v) is 15.2. The van der Waals surface area contributed by atoms with Gasteiger partial charge in [0, 0.05) is 61.2 Å². The van der Waals surface area contributed by atoms with E-state index in [9.17, 15) is 9.00 Å². The predicted octanol–water partition coefficient (Wildman–Crippen LogP) is 6.94. The summed E-state index contributed by atoms with van der Waals surface area (Å²) in [5.74, 6) is 1.06. The lowest BCUT2D eigenvalue weighted by atomic mass is 10.00. The summed E-state index contributed by atoms with van der Waals surface area (Å²) >= 11 is 0. The van der Waals surface area contributed by atoms with E-state index in [2.05, 4.69) is 71.3 Å². The van der Waals surface area contributed by atoms with Crippen molar-refractivity contribution in [3.05, 3.63) is 95.6 Å². The summed E-state index contributed by atoms with van der Waals surface area (Å²) < 4.78 is 33.0. The van der Waals surface area contributed by atoms with Crippen molar-refractivity contribution in [1.82, 2.24) is 14.5 Å². The quantitative estimate of drug-likeness (QED) is 0.124. The number of aryl methyl sites for hydroxylation is 2. The number of fused-ring (bicyclic) bond motifs is 1. The molecule has 10 nitrogen and oxygen atoms in total. The molecule has 4 aromatic rings. The van der Waals surface area contributed by atoms with E-state index in [4.69, 9.17) is 14.2 Å². The number of nitrogens with zero attached hydrogens (tertiary/aromatic N) is 4. The first-order valence-corrected chi connectivity index (χ1v) is 20.1. The second-order valence-electron chi connectivity index (χ2n) is 13.8. The summed E-state index contributed by atoms with van der Waals surface area (Å²) in [6.07, 6.45) is 6.67. The highest BCUT2D eigenvalue weighted by Gasteiger charge is 2.25. The van der Waals surface area contributed by atoms with Crippen molar-refractivity contribution in [2.24, 2.45) is 0 Å². The Bertz CT molecular complexity index is 1870. The van der Waals surface area contributed by atoms with E-state index in [1.54, 1.807) is 6.33 Å². The van der Waals surface area contributed by atoms with Crippen LogP contribution in [0.25, 0.3) is 17.2 Å². The second kappa shape index (κ2) is 18.6. The van der Waals surface area contributed by atoms with Crippen LogP contribution in [0, 0.1) is 6.92 Å². The Hall–Kier alpha value is -4.29. The number of ether oxygens (including phenoxy) is 3. The van der Waals surface area contributed by atoms with Crippen molar-refractivity contribution < 1.29 is 23.2 Å². The normalized spacial score (nSPS) is 16.8. The molecule has 1 amide bonds. The topological polar surface area (TPSA) is 98.2 Å². The Morgan fingerprint density at radius 2 is 1.79 bits per heavy atom. The number of hydrogen-bond donors (Lipinski definition) is 1. The van der Waals surface area contributed by atoms with Crippen molar-refractivity contribution in [3.63, 3.8) is 0 Å². The zero-order valence-electron chi connectivity index (χ0n) is 31.5. The number of unbranched alkanes of at least 4 members (excludes halogenated alkanes) is 1. The molecule has 3 heterocycles. The number of carbonyl (C=O) groups excluding carboxylic acids is 1. The van der Waals surface area contributed by atoms with Gasteiger partial charge in [0.15, 0.2) is 0 Å². The highest BCUT2D eigenvalue weighted by molar-refractivity contribution is 7.84. The minimum Gasteiger partial charge on any atom is -0.491 e.